The predicted octanol–water partition coefficient (Wildman–Crippen LogP) is 1.78. The van der Waals surface area contributed by atoms with Crippen molar-refractivity contribution in [3.63, 3.8) is 0 Å². The largest absolute Gasteiger partial charge is 0.324 e. The Labute approximate surface area is 91.2 Å². The lowest BCUT2D eigenvalue weighted by atomic mass is 9.89. The Hall–Kier alpha value is -1.06. The zero-order valence-electron chi connectivity index (χ0n) is 9.24. The Kier molecular flexibility index (Phi) is 3.23. The molecule has 0 aromatic heterocycles. The summed E-state index contributed by atoms with van der Waals surface area (Å²) in [5.74, 6) is 6.12. The molecule has 1 aromatic rings. The Morgan fingerprint density at radius 1 is 1.33 bits per heavy atom. The van der Waals surface area contributed by atoms with Gasteiger partial charge >= 0.3 is 0 Å². The van der Waals surface area contributed by atoms with Crippen LogP contribution in [0, 0.1) is 0 Å². The van der Waals surface area contributed by atoms with Crippen LogP contribution in [-0.4, -0.2) is 25.0 Å². The Morgan fingerprint density at radius 2 is 2.07 bits per heavy atom. The van der Waals surface area contributed by atoms with E-state index in [1.165, 1.54) is 31.5 Å². The maximum Gasteiger partial charge on any atom is 0.0487 e. The maximum atomic E-state index is 5.41. The number of nitrogens with two attached hydrogens (primary N) is 1. The van der Waals surface area contributed by atoms with Crippen LogP contribution in [0.25, 0.3) is 0 Å². The third-order valence-electron chi connectivity index (χ3n) is 3.24. The van der Waals surface area contributed by atoms with Crippen LogP contribution in [0.15, 0.2) is 24.3 Å². The van der Waals surface area contributed by atoms with Gasteiger partial charge in [0.2, 0.25) is 0 Å². The Bertz CT molecular complexity index is 316. The minimum Gasteiger partial charge on any atom is -0.324 e. The van der Waals surface area contributed by atoms with Crippen molar-refractivity contribution in [1.29, 1.82) is 0 Å². The molecule has 1 heterocycles. The lowest BCUT2D eigenvalue weighted by Crippen LogP contribution is -2.29. The molecule has 1 fully saturated rings. The minimum atomic E-state index is 0.703. The molecule has 1 aromatic carbocycles. The number of hydrogen-bond donors (Lipinski definition) is 2. The highest BCUT2D eigenvalue weighted by Crippen LogP contribution is 2.28. The topological polar surface area (TPSA) is 41.3 Å². The molecule has 3 heteroatoms. The monoisotopic (exact) mass is 205 g/mol. The summed E-state index contributed by atoms with van der Waals surface area (Å²) < 4.78 is 0. The molecule has 0 bridgehead atoms. The molecule has 1 saturated heterocycles. The Balaban J connectivity index is 2.08. The molecule has 2 rings (SSSR count). The van der Waals surface area contributed by atoms with E-state index >= 15 is 0 Å². The zero-order chi connectivity index (χ0) is 10.7. The highest BCUT2D eigenvalue weighted by Gasteiger charge is 2.18. The number of nitrogens with one attached hydrogen (secondary N) is 1. The number of piperidine rings is 1. The fourth-order valence-corrected chi connectivity index (χ4v) is 2.22. The van der Waals surface area contributed by atoms with E-state index in [1.54, 1.807) is 0 Å². The quantitative estimate of drug-likeness (QED) is 0.571. The molecule has 0 radical (unpaired) electrons. The van der Waals surface area contributed by atoms with Crippen molar-refractivity contribution >= 4 is 5.69 Å². The smallest absolute Gasteiger partial charge is 0.0487 e. The number of hydrogen-bond acceptors (Lipinski definition) is 3. The van der Waals surface area contributed by atoms with Gasteiger partial charge in [-0.25, -0.2) is 0 Å². The first-order valence-electron chi connectivity index (χ1n) is 5.54. The SMILES string of the molecule is CN1CCC(c2cccc(NN)c2)CC1. The van der Waals surface area contributed by atoms with Gasteiger partial charge in [0.1, 0.15) is 0 Å². The number of anilines is 1. The number of rotatable bonds is 2. The predicted molar refractivity (Wildman–Crippen MR) is 63.7 cm³/mol. The first-order valence-corrected chi connectivity index (χ1v) is 5.54. The van der Waals surface area contributed by atoms with Crippen LogP contribution in [0.1, 0.15) is 24.3 Å². The van der Waals surface area contributed by atoms with Crippen molar-refractivity contribution in [3.05, 3.63) is 29.8 Å². The van der Waals surface area contributed by atoms with Gasteiger partial charge in [-0.1, -0.05) is 12.1 Å². The Morgan fingerprint density at radius 3 is 2.73 bits per heavy atom. The van der Waals surface area contributed by atoms with E-state index in [1.807, 2.05) is 6.07 Å². The van der Waals surface area contributed by atoms with Gasteiger partial charge in [-0.05, 0) is 56.6 Å². The molecule has 82 valence electrons. The van der Waals surface area contributed by atoms with Crippen LogP contribution in [0.3, 0.4) is 0 Å². The average molecular weight is 205 g/mol. The summed E-state index contributed by atoms with van der Waals surface area (Å²) in [6.07, 6.45) is 2.51. The molecule has 15 heavy (non-hydrogen) atoms. The van der Waals surface area contributed by atoms with Crippen molar-refractivity contribution in [2.24, 2.45) is 5.84 Å². The minimum absolute atomic E-state index is 0.703. The van der Waals surface area contributed by atoms with Crippen LogP contribution in [0.4, 0.5) is 5.69 Å². The molecule has 0 aliphatic carbocycles. The maximum absolute atomic E-state index is 5.41. The van der Waals surface area contributed by atoms with Crippen molar-refractivity contribution in [1.82, 2.24) is 4.90 Å². The van der Waals surface area contributed by atoms with E-state index < -0.39 is 0 Å². The van der Waals surface area contributed by atoms with E-state index in [2.05, 4.69) is 35.6 Å². The number of hydrazine groups is 1. The summed E-state index contributed by atoms with van der Waals surface area (Å²) in [7, 11) is 2.19. The summed E-state index contributed by atoms with van der Waals surface area (Å²) in [6, 6.07) is 8.44. The zero-order valence-corrected chi connectivity index (χ0v) is 9.24. The summed E-state index contributed by atoms with van der Waals surface area (Å²) in [5.41, 5.74) is 5.13. The fourth-order valence-electron chi connectivity index (χ4n) is 2.22. The third kappa shape index (κ3) is 2.49. The summed E-state index contributed by atoms with van der Waals surface area (Å²) >= 11 is 0. The van der Waals surface area contributed by atoms with Gasteiger partial charge < -0.3 is 10.3 Å². The van der Waals surface area contributed by atoms with Crippen molar-refractivity contribution in [2.45, 2.75) is 18.8 Å². The van der Waals surface area contributed by atoms with Gasteiger partial charge in [-0.15, -0.1) is 0 Å². The number of nitrogens with zero attached hydrogens (tertiary/aromatic N) is 1. The van der Waals surface area contributed by atoms with Crippen molar-refractivity contribution in [3.8, 4) is 0 Å². The second-order valence-corrected chi connectivity index (χ2v) is 4.35. The van der Waals surface area contributed by atoms with Gasteiger partial charge in [0, 0.05) is 5.69 Å². The molecule has 0 atom stereocenters. The van der Waals surface area contributed by atoms with Crippen LogP contribution in [0.5, 0.6) is 0 Å². The van der Waals surface area contributed by atoms with Crippen molar-refractivity contribution in [2.75, 3.05) is 25.6 Å². The molecule has 1 aliphatic heterocycles. The third-order valence-corrected chi connectivity index (χ3v) is 3.24. The first-order chi connectivity index (χ1) is 7.29. The van der Waals surface area contributed by atoms with E-state index in [9.17, 15) is 0 Å². The van der Waals surface area contributed by atoms with Crippen LogP contribution < -0.4 is 11.3 Å². The van der Waals surface area contributed by atoms with Crippen molar-refractivity contribution < 1.29 is 0 Å². The second-order valence-electron chi connectivity index (χ2n) is 4.35. The molecule has 0 unspecified atom stereocenters. The normalized spacial score (nSPS) is 19.1. The molecule has 0 amide bonds. The molecule has 0 saturated carbocycles. The van der Waals surface area contributed by atoms with Crippen LogP contribution in [-0.2, 0) is 0 Å². The van der Waals surface area contributed by atoms with Gasteiger partial charge in [0.15, 0.2) is 0 Å². The molecule has 0 spiro atoms. The molecular weight excluding hydrogens is 186 g/mol. The lowest BCUT2D eigenvalue weighted by molar-refractivity contribution is 0.255. The standard InChI is InChI=1S/C12H19N3/c1-15-7-5-10(6-8-15)11-3-2-4-12(9-11)14-13/h2-4,9-10,14H,5-8,13H2,1H3. The summed E-state index contributed by atoms with van der Waals surface area (Å²) in [5, 5.41) is 0. The highest BCUT2D eigenvalue weighted by atomic mass is 15.2. The summed E-state index contributed by atoms with van der Waals surface area (Å²) in [4.78, 5) is 2.39. The molecule has 3 N–H and O–H groups in total. The molecular formula is C12H19N3. The van der Waals surface area contributed by atoms with Gasteiger partial charge in [-0.3, -0.25) is 5.84 Å². The first kappa shape index (κ1) is 10.5. The lowest BCUT2D eigenvalue weighted by Gasteiger charge is -2.29. The highest BCUT2D eigenvalue weighted by molar-refractivity contribution is 5.45. The van der Waals surface area contributed by atoms with Crippen LogP contribution in [0.2, 0.25) is 0 Å². The van der Waals surface area contributed by atoms with E-state index in [0.717, 1.165) is 5.69 Å². The van der Waals surface area contributed by atoms with Gasteiger partial charge in [0.25, 0.3) is 0 Å². The van der Waals surface area contributed by atoms with E-state index in [0.29, 0.717) is 5.92 Å². The second kappa shape index (κ2) is 4.64. The number of nitrogen functional groups attached to an aromatic ring is 1. The number of benzene rings is 1. The van der Waals surface area contributed by atoms with Gasteiger partial charge in [-0.2, -0.15) is 0 Å². The summed E-state index contributed by atoms with van der Waals surface area (Å²) in [6.45, 7) is 2.40. The fraction of sp³-hybridized carbons (Fsp3) is 0.500. The number of likely N-dealkylation sites (tertiary alicyclic amines) is 1. The van der Waals surface area contributed by atoms with E-state index in [-0.39, 0.29) is 0 Å². The average Bonchev–Trinajstić information content (AvgIpc) is 2.30. The molecule has 3 nitrogen and oxygen atoms in total. The van der Waals surface area contributed by atoms with E-state index in [4.69, 9.17) is 5.84 Å². The van der Waals surface area contributed by atoms with Gasteiger partial charge in [0.05, 0.1) is 0 Å². The van der Waals surface area contributed by atoms with Crippen LogP contribution >= 0.6 is 0 Å². The molecule has 1 aliphatic rings.